The number of para-hydroxylation sites is 1. The van der Waals surface area contributed by atoms with Crippen LogP contribution in [-0.4, -0.2) is 69.4 Å². The second-order valence-corrected chi connectivity index (χ2v) is 9.26. The summed E-state index contributed by atoms with van der Waals surface area (Å²) >= 11 is 0. The molecule has 1 amide bonds. The molecular formula is C20H30N2O6S. The summed E-state index contributed by atoms with van der Waals surface area (Å²) in [6, 6.07) is 5.80. The van der Waals surface area contributed by atoms with Gasteiger partial charge in [0.15, 0.2) is 0 Å². The SMILES string of the molecule is COc1ccccc1S(=O)(=O)N[C@@H]1CC[C@@H](CC(=O)N2CCCCC2)O[C@H]1CO. The highest BCUT2D eigenvalue weighted by Gasteiger charge is 2.36. The predicted molar refractivity (Wildman–Crippen MR) is 107 cm³/mol. The quantitative estimate of drug-likeness (QED) is 0.681. The summed E-state index contributed by atoms with van der Waals surface area (Å²) in [5.74, 6) is 0.321. The third-order valence-corrected chi connectivity index (χ3v) is 7.10. The van der Waals surface area contributed by atoms with Crippen molar-refractivity contribution in [1.29, 1.82) is 0 Å². The van der Waals surface area contributed by atoms with Crippen molar-refractivity contribution in [3.05, 3.63) is 24.3 Å². The Hall–Kier alpha value is -1.68. The molecule has 2 aliphatic heterocycles. The minimum absolute atomic E-state index is 0.0431. The summed E-state index contributed by atoms with van der Waals surface area (Å²) in [6.07, 6.45) is 3.51. The normalized spacial score (nSPS) is 25.6. The van der Waals surface area contributed by atoms with Gasteiger partial charge < -0.3 is 19.5 Å². The predicted octanol–water partition coefficient (Wildman–Crippen LogP) is 1.28. The minimum Gasteiger partial charge on any atom is -0.495 e. The molecule has 0 saturated carbocycles. The number of amides is 1. The third-order valence-electron chi connectivity index (χ3n) is 5.57. The molecule has 0 unspecified atom stereocenters. The van der Waals surface area contributed by atoms with Crippen LogP contribution in [-0.2, 0) is 19.6 Å². The number of rotatable bonds is 7. The second-order valence-electron chi connectivity index (χ2n) is 7.58. The molecule has 2 aliphatic rings. The van der Waals surface area contributed by atoms with E-state index in [0.29, 0.717) is 12.8 Å². The Bertz CT molecular complexity index is 794. The van der Waals surface area contributed by atoms with Gasteiger partial charge in [-0.3, -0.25) is 4.79 Å². The molecule has 2 saturated heterocycles. The molecule has 2 heterocycles. The molecule has 9 heteroatoms. The lowest BCUT2D eigenvalue weighted by atomic mass is 9.97. The number of aliphatic hydroxyl groups excluding tert-OH is 1. The smallest absolute Gasteiger partial charge is 0.244 e. The number of methoxy groups -OCH3 is 1. The maximum atomic E-state index is 12.8. The van der Waals surface area contributed by atoms with Gasteiger partial charge in [0, 0.05) is 13.1 Å². The van der Waals surface area contributed by atoms with Gasteiger partial charge in [-0.2, -0.15) is 0 Å². The van der Waals surface area contributed by atoms with Crippen LogP contribution >= 0.6 is 0 Å². The first-order valence-electron chi connectivity index (χ1n) is 10.1. The zero-order valence-corrected chi connectivity index (χ0v) is 17.6. The van der Waals surface area contributed by atoms with E-state index in [4.69, 9.17) is 9.47 Å². The van der Waals surface area contributed by atoms with Crippen LogP contribution < -0.4 is 9.46 Å². The molecular weight excluding hydrogens is 396 g/mol. The summed E-state index contributed by atoms with van der Waals surface area (Å²) in [6.45, 7) is 1.25. The Morgan fingerprint density at radius 1 is 1.24 bits per heavy atom. The van der Waals surface area contributed by atoms with Crippen molar-refractivity contribution < 1.29 is 27.8 Å². The lowest BCUT2D eigenvalue weighted by Crippen LogP contribution is -2.51. The highest BCUT2D eigenvalue weighted by atomic mass is 32.2. The van der Waals surface area contributed by atoms with Crippen LogP contribution in [0.3, 0.4) is 0 Å². The highest BCUT2D eigenvalue weighted by molar-refractivity contribution is 7.89. The molecule has 8 nitrogen and oxygen atoms in total. The molecule has 1 aromatic rings. The van der Waals surface area contributed by atoms with Gasteiger partial charge in [-0.1, -0.05) is 12.1 Å². The maximum absolute atomic E-state index is 12.8. The van der Waals surface area contributed by atoms with Gasteiger partial charge in [0.2, 0.25) is 15.9 Å². The molecule has 0 spiro atoms. The van der Waals surface area contributed by atoms with E-state index in [1.807, 2.05) is 4.90 Å². The number of nitrogens with one attached hydrogen (secondary N) is 1. The zero-order valence-electron chi connectivity index (χ0n) is 16.7. The van der Waals surface area contributed by atoms with Crippen molar-refractivity contribution in [1.82, 2.24) is 9.62 Å². The summed E-state index contributed by atoms with van der Waals surface area (Å²) in [5, 5.41) is 9.75. The van der Waals surface area contributed by atoms with E-state index in [1.165, 1.54) is 13.2 Å². The van der Waals surface area contributed by atoms with E-state index in [1.54, 1.807) is 18.2 Å². The zero-order chi connectivity index (χ0) is 20.9. The van der Waals surface area contributed by atoms with Gasteiger partial charge in [-0.05, 0) is 44.2 Å². The van der Waals surface area contributed by atoms with E-state index in [2.05, 4.69) is 4.72 Å². The molecule has 1 aromatic carbocycles. The first-order chi connectivity index (χ1) is 13.9. The number of ether oxygens (including phenoxy) is 2. The Morgan fingerprint density at radius 2 is 1.97 bits per heavy atom. The second kappa shape index (κ2) is 9.88. The van der Waals surface area contributed by atoms with Crippen LogP contribution in [0.1, 0.15) is 38.5 Å². The van der Waals surface area contributed by atoms with Crippen molar-refractivity contribution in [2.45, 2.75) is 61.7 Å². The monoisotopic (exact) mass is 426 g/mol. The molecule has 3 atom stereocenters. The summed E-state index contributed by atoms with van der Waals surface area (Å²) in [4.78, 5) is 14.4. The van der Waals surface area contributed by atoms with E-state index in [-0.39, 0.29) is 35.7 Å². The van der Waals surface area contributed by atoms with Crippen molar-refractivity contribution in [2.75, 3.05) is 26.8 Å². The average molecular weight is 427 g/mol. The fraction of sp³-hybridized carbons (Fsp3) is 0.650. The summed E-state index contributed by atoms with van der Waals surface area (Å²) < 4.78 is 39.3. The van der Waals surface area contributed by atoms with Crippen molar-refractivity contribution in [3.63, 3.8) is 0 Å². The fourth-order valence-electron chi connectivity index (χ4n) is 3.99. The van der Waals surface area contributed by atoms with Crippen LogP contribution in [0.15, 0.2) is 29.2 Å². The van der Waals surface area contributed by atoms with Crippen LogP contribution in [0, 0.1) is 0 Å². The number of hydrogen-bond acceptors (Lipinski definition) is 6. The molecule has 2 N–H and O–H groups in total. The molecule has 3 rings (SSSR count). The number of sulfonamides is 1. The first kappa shape index (κ1) is 22.0. The molecule has 2 fully saturated rings. The van der Waals surface area contributed by atoms with Gasteiger partial charge >= 0.3 is 0 Å². The van der Waals surface area contributed by atoms with E-state index >= 15 is 0 Å². The summed E-state index contributed by atoms with van der Waals surface area (Å²) in [5.41, 5.74) is 0. The van der Waals surface area contributed by atoms with Crippen LogP contribution in [0.4, 0.5) is 0 Å². The number of nitrogens with zero attached hydrogens (tertiary/aromatic N) is 1. The van der Waals surface area contributed by atoms with E-state index < -0.39 is 22.2 Å². The number of carbonyl (C=O) groups is 1. The van der Waals surface area contributed by atoms with E-state index in [0.717, 1.165) is 32.4 Å². The van der Waals surface area contributed by atoms with Crippen LogP contribution in [0.5, 0.6) is 5.75 Å². The van der Waals surface area contributed by atoms with E-state index in [9.17, 15) is 18.3 Å². The molecule has 0 aromatic heterocycles. The number of piperidine rings is 1. The number of likely N-dealkylation sites (tertiary alicyclic amines) is 1. The average Bonchev–Trinajstić information content (AvgIpc) is 2.75. The fourth-order valence-corrected chi connectivity index (χ4v) is 5.46. The lowest BCUT2D eigenvalue weighted by Gasteiger charge is -2.37. The van der Waals surface area contributed by atoms with Gasteiger partial charge in [-0.25, -0.2) is 13.1 Å². The Balaban J connectivity index is 1.61. The van der Waals surface area contributed by atoms with Crippen molar-refractivity contribution in [2.24, 2.45) is 0 Å². The lowest BCUT2D eigenvalue weighted by molar-refractivity contribution is -0.140. The Kier molecular flexibility index (Phi) is 7.50. The maximum Gasteiger partial charge on any atom is 0.244 e. The molecule has 0 aliphatic carbocycles. The first-order valence-corrected chi connectivity index (χ1v) is 11.6. The number of benzene rings is 1. The third kappa shape index (κ3) is 5.48. The number of hydrogen-bond donors (Lipinski definition) is 2. The van der Waals surface area contributed by atoms with Gasteiger partial charge in [-0.15, -0.1) is 0 Å². The van der Waals surface area contributed by atoms with Gasteiger partial charge in [0.25, 0.3) is 0 Å². The number of carbonyl (C=O) groups excluding carboxylic acids is 1. The standard InChI is InChI=1S/C20H30N2O6S/c1-27-17-7-3-4-8-19(17)29(25,26)21-16-10-9-15(28-18(16)14-23)13-20(24)22-11-5-2-6-12-22/h3-4,7-8,15-16,18,21,23H,2,5-6,9-14H2,1H3/t15-,16+,18-/m0/s1. The van der Waals surface area contributed by atoms with Crippen molar-refractivity contribution in [3.8, 4) is 5.75 Å². The Labute approximate surface area is 172 Å². The minimum atomic E-state index is -3.84. The van der Waals surface area contributed by atoms with Gasteiger partial charge in [0.05, 0.1) is 38.4 Å². The summed E-state index contributed by atoms with van der Waals surface area (Å²) in [7, 11) is -2.43. The van der Waals surface area contributed by atoms with Crippen molar-refractivity contribution >= 4 is 15.9 Å². The Morgan fingerprint density at radius 3 is 2.66 bits per heavy atom. The van der Waals surface area contributed by atoms with Crippen LogP contribution in [0.25, 0.3) is 0 Å². The molecule has 29 heavy (non-hydrogen) atoms. The highest BCUT2D eigenvalue weighted by Crippen LogP contribution is 2.27. The largest absolute Gasteiger partial charge is 0.495 e. The van der Waals surface area contributed by atoms with Crippen LogP contribution in [0.2, 0.25) is 0 Å². The number of aliphatic hydroxyl groups is 1. The molecule has 0 radical (unpaired) electrons. The topological polar surface area (TPSA) is 105 Å². The molecule has 0 bridgehead atoms. The molecule has 162 valence electrons. The van der Waals surface area contributed by atoms with Gasteiger partial charge in [0.1, 0.15) is 10.6 Å².